The summed E-state index contributed by atoms with van der Waals surface area (Å²) in [5.41, 5.74) is 3.87. The number of rotatable bonds is 8. The molecule has 0 unspecified atom stereocenters. The molecule has 7 nitrogen and oxygen atoms in total. The minimum atomic E-state index is -3.76. The zero-order chi connectivity index (χ0) is 21.7. The van der Waals surface area contributed by atoms with E-state index in [1.165, 1.54) is 19.1 Å². The minimum absolute atomic E-state index is 0.124. The smallest absolute Gasteiger partial charge is 0.241 e. The topological polar surface area (TPSA) is 93.1 Å². The molecule has 0 aliphatic carbocycles. The summed E-state index contributed by atoms with van der Waals surface area (Å²) in [5, 5.41) is 7.39. The van der Waals surface area contributed by atoms with E-state index in [9.17, 15) is 13.2 Å². The first-order valence-corrected chi connectivity index (χ1v) is 11.2. The Balaban J connectivity index is 1.63. The lowest BCUT2D eigenvalue weighted by Gasteiger charge is -2.15. The largest absolute Gasteiger partial charge is 0.351 e. The highest BCUT2D eigenvalue weighted by molar-refractivity contribution is 7.89. The molecule has 0 radical (unpaired) electrons. The van der Waals surface area contributed by atoms with Gasteiger partial charge in [-0.3, -0.25) is 9.48 Å². The standard InChI is InChI=1S/C22H26N4O3S/c1-16-21(18(3)26(24-16)15-19-10-6-4-7-11-19)14-23-22(27)17(2)25-30(28,29)20-12-8-5-9-13-20/h4-13,17,25H,14-15H2,1-3H3,(H,23,27)/t17-/m0/s1. The summed E-state index contributed by atoms with van der Waals surface area (Å²) < 4.78 is 29.1. The number of amides is 1. The summed E-state index contributed by atoms with van der Waals surface area (Å²) in [6.07, 6.45) is 0. The van der Waals surface area contributed by atoms with Gasteiger partial charge in [-0.05, 0) is 38.5 Å². The van der Waals surface area contributed by atoms with Crippen molar-refractivity contribution < 1.29 is 13.2 Å². The summed E-state index contributed by atoms with van der Waals surface area (Å²) in [4.78, 5) is 12.6. The Labute approximate surface area is 177 Å². The third-order valence-corrected chi connectivity index (χ3v) is 6.48. The fourth-order valence-electron chi connectivity index (χ4n) is 3.18. The van der Waals surface area contributed by atoms with Crippen molar-refractivity contribution in [2.45, 2.75) is 44.8 Å². The number of nitrogens with one attached hydrogen (secondary N) is 2. The molecule has 2 N–H and O–H groups in total. The Morgan fingerprint density at radius 3 is 2.27 bits per heavy atom. The quantitative estimate of drug-likeness (QED) is 0.579. The van der Waals surface area contributed by atoms with E-state index in [0.717, 1.165) is 22.5 Å². The molecule has 2 aromatic carbocycles. The average molecular weight is 427 g/mol. The van der Waals surface area contributed by atoms with Crippen LogP contribution in [0.2, 0.25) is 0 Å². The fraction of sp³-hybridized carbons (Fsp3) is 0.273. The number of carbonyl (C=O) groups excluding carboxylic acids is 1. The zero-order valence-corrected chi connectivity index (χ0v) is 18.1. The number of hydrogen-bond acceptors (Lipinski definition) is 4. The molecule has 1 aromatic heterocycles. The van der Waals surface area contributed by atoms with Crippen molar-refractivity contribution in [3.8, 4) is 0 Å². The molecule has 3 rings (SSSR count). The van der Waals surface area contributed by atoms with Gasteiger partial charge < -0.3 is 5.32 Å². The van der Waals surface area contributed by atoms with Crippen molar-refractivity contribution in [2.75, 3.05) is 0 Å². The van der Waals surface area contributed by atoms with Crippen molar-refractivity contribution in [2.24, 2.45) is 0 Å². The molecule has 0 fully saturated rings. The Bertz CT molecular complexity index is 1110. The maximum absolute atomic E-state index is 12.5. The first-order valence-electron chi connectivity index (χ1n) is 9.70. The highest BCUT2D eigenvalue weighted by Gasteiger charge is 2.22. The van der Waals surface area contributed by atoms with Gasteiger partial charge in [-0.25, -0.2) is 8.42 Å². The molecule has 1 heterocycles. The number of aryl methyl sites for hydroxylation is 1. The Hall–Kier alpha value is -2.97. The molecule has 8 heteroatoms. The number of benzene rings is 2. The van der Waals surface area contributed by atoms with Gasteiger partial charge in [-0.2, -0.15) is 9.82 Å². The second-order valence-electron chi connectivity index (χ2n) is 7.17. The second kappa shape index (κ2) is 9.23. The van der Waals surface area contributed by atoms with Crippen molar-refractivity contribution in [1.29, 1.82) is 0 Å². The third-order valence-electron chi connectivity index (χ3n) is 4.92. The molecule has 0 bridgehead atoms. The summed E-state index contributed by atoms with van der Waals surface area (Å²) in [7, 11) is -3.76. The number of nitrogens with zero attached hydrogens (tertiary/aromatic N) is 2. The number of carbonyl (C=O) groups is 1. The average Bonchev–Trinajstić information content (AvgIpc) is 3.00. The monoisotopic (exact) mass is 426 g/mol. The van der Waals surface area contributed by atoms with E-state index in [2.05, 4.69) is 15.1 Å². The fourth-order valence-corrected chi connectivity index (χ4v) is 4.41. The van der Waals surface area contributed by atoms with Gasteiger partial charge in [0.15, 0.2) is 0 Å². The molecular weight excluding hydrogens is 400 g/mol. The van der Waals surface area contributed by atoms with Crippen LogP contribution in [-0.4, -0.2) is 30.1 Å². The van der Waals surface area contributed by atoms with Gasteiger partial charge in [0, 0.05) is 17.8 Å². The highest BCUT2D eigenvalue weighted by Crippen LogP contribution is 2.15. The molecule has 158 valence electrons. The van der Waals surface area contributed by atoms with Gasteiger partial charge >= 0.3 is 0 Å². The number of sulfonamides is 1. The number of aromatic nitrogens is 2. The van der Waals surface area contributed by atoms with E-state index >= 15 is 0 Å². The lowest BCUT2D eigenvalue weighted by atomic mass is 10.2. The predicted octanol–water partition coefficient (Wildman–Crippen LogP) is 2.53. The van der Waals surface area contributed by atoms with Gasteiger partial charge in [0.2, 0.25) is 15.9 Å². The lowest BCUT2D eigenvalue weighted by Crippen LogP contribution is -2.44. The second-order valence-corrected chi connectivity index (χ2v) is 8.88. The maximum Gasteiger partial charge on any atom is 0.241 e. The Morgan fingerprint density at radius 1 is 1.03 bits per heavy atom. The van der Waals surface area contributed by atoms with Crippen LogP contribution in [0.15, 0.2) is 65.6 Å². The van der Waals surface area contributed by atoms with Crippen LogP contribution in [0.25, 0.3) is 0 Å². The Morgan fingerprint density at radius 2 is 1.63 bits per heavy atom. The normalized spacial score (nSPS) is 12.5. The van der Waals surface area contributed by atoms with E-state index in [1.54, 1.807) is 18.2 Å². The van der Waals surface area contributed by atoms with Crippen LogP contribution in [-0.2, 0) is 27.9 Å². The van der Waals surface area contributed by atoms with Gasteiger partial charge in [-0.1, -0.05) is 48.5 Å². The van der Waals surface area contributed by atoms with Crippen LogP contribution in [0.5, 0.6) is 0 Å². The van der Waals surface area contributed by atoms with Crippen LogP contribution < -0.4 is 10.0 Å². The van der Waals surface area contributed by atoms with E-state index in [-0.39, 0.29) is 11.4 Å². The van der Waals surface area contributed by atoms with E-state index in [0.29, 0.717) is 6.54 Å². The van der Waals surface area contributed by atoms with Crippen molar-refractivity contribution in [1.82, 2.24) is 19.8 Å². The molecule has 0 saturated carbocycles. The lowest BCUT2D eigenvalue weighted by molar-refractivity contribution is -0.122. The molecular formula is C22H26N4O3S. The van der Waals surface area contributed by atoms with Gasteiger partial charge in [0.1, 0.15) is 0 Å². The van der Waals surface area contributed by atoms with Gasteiger partial charge in [-0.15, -0.1) is 0 Å². The molecule has 1 amide bonds. The van der Waals surface area contributed by atoms with Crippen LogP contribution in [0.3, 0.4) is 0 Å². The van der Waals surface area contributed by atoms with Gasteiger partial charge in [0.25, 0.3) is 0 Å². The Kier molecular flexibility index (Phi) is 6.69. The van der Waals surface area contributed by atoms with Gasteiger partial charge in [0.05, 0.1) is 23.2 Å². The molecule has 3 aromatic rings. The first-order chi connectivity index (χ1) is 14.3. The SMILES string of the molecule is Cc1nn(Cc2ccccc2)c(C)c1CNC(=O)[C@H](C)NS(=O)(=O)c1ccccc1. The van der Waals surface area contributed by atoms with Crippen LogP contribution in [0, 0.1) is 13.8 Å². The molecule has 0 aliphatic heterocycles. The van der Waals surface area contributed by atoms with Crippen LogP contribution in [0.1, 0.15) is 29.4 Å². The summed E-state index contributed by atoms with van der Waals surface area (Å²) in [6, 6.07) is 17.1. The van der Waals surface area contributed by atoms with Crippen molar-refractivity contribution in [3.05, 3.63) is 83.2 Å². The molecule has 30 heavy (non-hydrogen) atoms. The summed E-state index contributed by atoms with van der Waals surface area (Å²) >= 11 is 0. The van der Waals surface area contributed by atoms with Crippen LogP contribution >= 0.6 is 0 Å². The van der Waals surface area contributed by atoms with Crippen molar-refractivity contribution in [3.63, 3.8) is 0 Å². The first kappa shape index (κ1) is 21.7. The molecule has 0 spiro atoms. The number of hydrogen-bond donors (Lipinski definition) is 2. The van der Waals surface area contributed by atoms with E-state index in [1.807, 2.05) is 48.9 Å². The third kappa shape index (κ3) is 5.14. The maximum atomic E-state index is 12.5. The predicted molar refractivity (Wildman–Crippen MR) is 115 cm³/mol. The molecule has 1 atom stereocenters. The van der Waals surface area contributed by atoms with E-state index in [4.69, 9.17) is 0 Å². The summed E-state index contributed by atoms with van der Waals surface area (Å²) in [6.45, 7) is 6.31. The molecule has 0 saturated heterocycles. The van der Waals surface area contributed by atoms with Crippen molar-refractivity contribution >= 4 is 15.9 Å². The van der Waals surface area contributed by atoms with Crippen LogP contribution in [0.4, 0.5) is 0 Å². The highest BCUT2D eigenvalue weighted by atomic mass is 32.2. The molecule has 0 aliphatic rings. The van der Waals surface area contributed by atoms with E-state index < -0.39 is 22.0 Å². The minimum Gasteiger partial charge on any atom is -0.351 e. The zero-order valence-electron chi connectivity index (χ0n) is 17.3. The summed E-state index contributed by atoms with van der Waals surface area (Å²) in [5.74, 6) is -0.399.